The van der Waals surface area contributed by atoms with Crippen LogP contribution in [0.25, 0.3) is 11.1 Å². The minimum Gasteiger partial charge on any atom is -0.459 e. The third kappa shape index (κ3) is 4.24. The summed E-state index contributed by atoms with van der Waals surface area (Å²) >= 11 is 0. The number of nitrogens with one attached hydrogen (secondary N) is 1. The van der Waals surface area contributed by atoms with Crippen molar-refractivity contribution < 1.29 is 14.0 Å². The molecular weight excluding hydrogens is 364 g/mol. The Labute approximate surface area is 170 Å². The lowest BCUT2D eigenvalue weighted by Crippen LogP contribution is -2.45. The van der Waals surface area contributed by atoms with Crippen LogP contribution in [0.3, 0.4) is 0 Å². The monoisotopic (exact) mass is 388 g/mol. The first-order valence-corrected chi connectivity index (χ1v) is 9.90. The third-order valence-electron chi connectivity index (χ3n) is 5.32. The number of furan rings is 1. The van der Waals surface area contributed by atoms with Gasteiger partial charge in [-0.2, -0.15) is 0 Å². The topological polar surface area (TPSA) is 62.6 Å². The second-order valence-electron chi connectivity index (χ2n) is 7.42. The number of nitrogens with zero attached hydrogens (tertiary/aromatic N) is 1. The van der Waals surface area contributed by atoms with Gasteiger partial charge in [0, 0.05) is 13.1 Å². The van der Waals surface area contributed by atoms with E-state index in [2.05, 4.69) is 48.6 Å². The van der Waals surface area contributed by atoms with Gasteiger partial charge >= 0.3 is 0 Å². The normalized spacial score (nSPS) is 16.0. The molecule has 2 heterocycles. The zero-order chi connectivity index (χ0) is 20.2. The lowest BCUT2D eigenvalue weighted by Gasteiger charge is -2.23. The van der Waals surface area contributed by atoms with Crippen LogP contribution >= 0.6 is 0 Å². The van der Waals surface area contributed by atoms with Crippen LogP contribution in [0.1, 0.15) is 34.5 Å². The molecule has 148 valence electrons. The Balaban J connectivity index is 1.37. The molecule has 29 heavy (non-hydrogen) atoms. The van der Waals surface area contributed by atoms with E-state index in [4.69, 9.17) is 4.42 Å². The minimum absolute atomic E-state index is 0.120. The highest BCUT2D eigenvalue weighted by Gasteiger charge is 2.35. The van der Waals surface area contributed by atoms with Crippen LogP contribution in [0, 0.1) is 6.92 Å². The molecular formula is C24H24N2O3. The molecule has 0 radical (unpaired) electrons. The summed E-state index contributed by atoms with van der Waals surface area (Å²) in [4.78, 5) is 26.8. The van der Waals surface area contributed by atoms with Gasteiger partial charge in [-0.05, 0) is 48.6 Å². The molecule has 0 bridgehead atoms. The van der Waals surface area contributed by atoms with Crippen molar-refractivity contribution in [2.45, 2.75) is 32.4 Å². The highest BCUT2D eigenvalue weighted by molar-refractivity contribution is 5.96. The first kappa shape index (κ1) is 19.0. The Kier molecular flexibility index (Phi) is 5.47. The number of likely N-dealkylation sites (tertiary alicyclic amines) is 1. The van der Waals surface area contributed by atoms with Crippen molar-refractivity contribution in [2.75, 3.05) is 6.54 Å². The lowest BCUT2D eigenvalue weighted by molar-refractivity contribution is -0.125. The highest BCUT2D eigenvalue weighted by atomic mass is 16.3. The molecule has 5 heteroatoms. The van der Waals surface area contributed by atoms with Crippen LogP contribution in [0.4, 0.5) is 0 Å². The van der Waals surface area contributed by atoms with Crippen molar-refractivity contribution >= 4 is 11.8 Å². The van der Waals surface area contributed by atoms with E-state index in [1.165, 1.54) is 17.4 Å². The third-order valence-corrected chi connectivity index (χ3v) is 5.32. The summed E-state index contributed by atoms with van der Waals surface area (Å²) in [6, 6.07) is 19.4. The Morgan fingerprint density at radius 2 is 1.90 bits per heavy atom. The summed E-state index contributed by atoms with van der Waals surface area (Å²) in [6.07, 6.45) is 2.96. The van der Waals surface area contributed by atoms with E-state index in [1.807, 2.05) is 12.1 Å². The predicted molar refractivity (Wildman–Crippen MR) is 111 cm³/mol. The molecule has 5 nitrogen and oxygen atoms in total. The number of hydrogen-bond donors (Lipinski definition) is 1. The second-order valence-corrected chi connectivity index (χ2v) is 7.42. The summed E-state index contributed by atoms with van der Waals surface area (Å²) in [7, 11) is 0. The van der Waals surface area contributed by atoms with Crippen LogP contribution in [-0.4, -0.2) is 29.3 Å². The maximum absolute atomic E-state index is 12.7. The highest BCUT2D eigenvalue weighted by Crippen LogP contribution is 2.22. The largest absolute Gasteiger partial charge is 0.459 e. The number of benzene rings is 2. The molecule has 0 saturated carbocycles. The maximum Gasteiger partial charge on any atom is 0.290 e. The summed E-state index contributed by atoms with van der Waals surface area (Å²) < 4.78 is 5.20. The standard InChI is InChI=1S/C24H24N2O3/c1-17-5-2-6-20(15-17)19-11-9-18(10-12-19)16-25-23(27)21-7-3-13-26(21)24(28)22-8-4-14-29-22/h2,4-6,8-12,14-15,21H,3,7,13,16H2,1H3,(H,25,27). The SMILES string of the molecule is Cc1cccc(-c2ccc(CNC(=O)C3CCCN3C(=O)c3ccco3)cc2)c1. The average Bonchev–Trinajstić information content (AvgIpc) is 3.44. The number of carbonyl (C=O) groups is 2. The summed E-state index contributed by atoms with van der Waals surface area (Å²) in [5, 5.41) is 2.98. The first-order chi connectivity index (χ1) is 14.1. The molecule has 3 aromatic rings. The van der Waals surface area contributed by atoms with Gasteiger partial charge in [-0.1, -0.05) is 54.1 Å². The molecule has 1 atom stereocenters. The fraction of sp³-hybridized carbons (Fsp3) is 0.250. The average molecular weight is 388 g/mol. The first-order valence-electron chi connectivity index (χ1n) is 9.90. The molecule has 1 aromatic heterocycles. The van der Waals surface area contributed by atoms with Gasteiger partial charge < -0.3 is 14.6 Å². The molecule has 1 saturated heterocycles. The second kappa shape index (κ2) is 8.35. The Bertz CT molecular complexity index is 993. The van der Waals surface area contributed by atoms with Crippen molar-refractivity contribution in [1.82, 2.24) is 10.2 Å². The van der Waals surface area contributed by atoms with Crippen molar-refractivity contribution in [1.29, 1.82) is 0 Å². The molecule has 1 aliphatic rings. The fourth-order valence-electron chi connectivity index (χ4n) is 3.77. The Hall–Kier alpha value is -3.34. The van der Waals surface area contributed by atoms with Gasteiger partial charge in [0.15, 0.2) is 5.76 Å². The molecule has 0 aliphatic carbocycles. The van der Waals surface area contributed by atoms with Gasteiger partial charge in [0.05, 0.1) is 6.26 Å². The number of carbonyl (C=O) groups excluding carboxylic acids is 2. The van der Waals surface area contributed by atoms with Gasteiger partial charge in [-0.25, -0.2) is 0 Å². The lowest BCUT2D eigenvalue weighted by atomic mass is 10.0. The molecule has 2 amide bonds. The van der Waals surface area contributed by atoms with E-state index in [0.29, 0.717) is 19.5 Å². The van der Waals surface area contributed by atoms with E-state index in [-0.39, 0.29) is 17.6 Å². The number of amides is 2. The zero-order valence-electron chi connectivity index (χ0n) is 16.4. The van der Waals surface area contributed by atoms with E-state index >= 15 is 0 Å². The van der Waals surface area contributed by atoms with Crippen LogP contribution < -0.4 is 5.32 Å². The summed E-state index contributed by atoms with van der Waals surface area (Å²) in [6.45, 7) is 3.09. The Morgan fingerprint density at radius 1 is 1.07 bits per heavy atom. The van der Waals surface area contributed by atoms with E-state index < -0.39 is 6.04 Å². The van der Waals surface area contributed by atoms with Gasteiger partial charge in [-0.3, -0.25) is 9.59 Å². The summed E-state index contributed by atoms with van der Waals surface area (Å²) in [5.74, 6) is -0.0724. The van der Waals surface area contributed by atoms with Crippen LogP contribution in [0.5, 0.6) is 0 Å². The van der Waals surface area contributed by atoms with Gasteiger partial charge in [0.25, 0.3) is 5.91 Å². The van der Waals surface area contributed by atoms with Crippen molar-refractivity contribution in [3.63, 3.8) is 0 Å². The van der Waals surface area contributed by atoms with Gasteiger partial charge in [-0.15, -0.1) is 0 Å². The molecule has 2 aromatic carbocycles. The predicted octanol–water partition coefficient (Wildman–Crippen LogP) is 4.18. The van der Waals surface area contributed by atoms with Crippen LogP contribution in [-0.2, 0) is 11.3 Å². The number of hydrogen-bond acceptors (Lipinski definition) is 3. The Morgan fingerprint density at radius 3 is 2.62 bits per heavy atom. The fourth-order valence-corrected chi connectivity index (χ4v) is 3.77. The van der Waals surface area contributed by atoms with Gasteiger partial charge in [0.1, 0.15) is 6.04 Å². The smallest absolute Gasteiger partial charge is 0.290 e. The molecule has 1 N–H and O–H groups in total. The van der Waals surface area contributed by atoms with Gasteiger partial charge in [0.2, 0.25) is 5.91 Å². The summed E-state index contributed by atoms with van der Waals surface area (Å²) in [5.41, 5.74) is 4.58. The number of aryl methyl sites for hydroxylation is 1. The minimum atomic E-state index is -0.445. The number of rotatable bonds is 5. The molecule has 0 spiro atoms. The molecule has 1 aliphatic heterocycles. The quantitative estimate of drug-likeness (QED) is 0.713. The molecule has 1 fully saturated rings. The van der Waals surface area contributed by atoms with Crippen LogP contribution in [0.15, 0.2) is 71.3 Å². The van der Waals surface area contributed by atoms with Crippen LogP contribution in [0.2, 0.25) is 0 Å². The van der Waals surface area contributed by atoms with Crippen molar-refractivity contribution in [2.24, 2.45) is 0 Å². The van der Waals surface area contributed by atoms with E-state index in [0.717, 1.165) is 17.5 Å². The van der Waals surface area contributed by atoms with E-state index in [1.54, 1.807) is 17.0 Å². The zero-order valence-corrected chi connectivity index (χ0v) is 16.4. The maximum atomic E-state index is 12.7. The van der Waals surface area contributed by atoms with Crippen molar-refractivity contribution in [3.8, 4) is 11.1 Å². The van der Waals surface area contributed by atoms with E-state index in [9.17, 15) is 9.59 Å². The van der Waals surface area contributed by atoms with Crippen molar-refractivity contribution in [3.05, 3.63) is 83.8 Å². The molecule has 1 unspecified atom stereocenters. The molecule has 4 rings (SSSR count).